The molecule has 0 bridgehead atoms. The van der Waals surface area contributed by atoms with Crippen LogP contribution < -0.4 is 10.6 Å². The molecule has 4 aromatic rings. The van der Waals surface area contributed by atoms with Gasteiger partial charge in [-0.1, -0.05) is 41.7 Å². The first kappa shape index (κ1) is 20.3. The van der Waals surface area contributed by atoms with Crippen molar-refractivity contribution >= 4 is 39.8 Å². The van der Waals surface area contributed by atoms with Gasteiger partial charge in [-0.2, -0.15) is 0 Å². The Balaban J connectivity index is 1.48. The molecular weight excluding hydrogens is 416 g/mol. The smallest absolute Gasteiger partial charge is 0.322 e. The highest BCUT2D eigenvalue weighted by molar-refractivity contribution is 7.19. The summed E-state index contributed by atoms with van der Waals surface area (Å²) in [6.45, 7) is 1.41. The summed E-state index contributed by atoms with van der Waals surface area (Å²) < 4.78 is 1.90. The first-order chi connectivity index (χ1) is 14.9. The number of aromatic nitrogens is 2. The van der Waals surface area contributed by atoms with Crippen molar-refractivity contribution in [2.75, 3.05) is 11.9 Å². The summed E-state index contributed by atoms with van der Waals surface area (Å²) in [5.74, 6) is -1.88. The number of imidazole rings is 1. The van der Waals surface area contributed by atoms with E-state index in [0.717, 1.165) is 21.9 Å². The van der Waals surface area contributed by atoms with Gasteiger partial charge in [0.1, 0.15) is 11.4 Å². The molecule has 0 aliphatic carbocycles. The number of aliphatic carboxylic acids is 1. The predicted molar refractivity (Wildman–Crippen MR) is 118 cm³/mol. The van der Waals surface area contributed by atoms with E-state index in [9.17, 15) is 14.4 Å². The number of carboxylic acid groups (broad SMARTS) is 1. The molecule has 2 amide bonds. The SMILES string of the molecule is Cc1c(C(=O)Nc2ccc(C(=O)NCC(=O)O)cc2)sc2nc(-c3ccccc3)cn12. The lowest BCUT2D eigenvalue weighted by molar-refractivity contribution is -0.135. The van der Waals surface area contributed by atoms with Crippen molar-refractivity contribution in [2.24, 2.45) is 0 Å². The standard InChI is InChI=1S/C22H18N4O4S/c1-13-19(31-22-25-17(12-26(13)22)14-5-3-2-4-6-14)21(30)24-16-9-7-15(8-10-16)20(29)23-11-18(27)28/h2-10,12H,11H2,1H3,(H,23,29)(H,24,30)(H,27,28). The van der Waals surface area contributed by atoms with Crippen molar-refractivity contribution in [3.8, 4) is 11.3 Å². The van der Waals surface area contributed by atoms with Gasteiger partial charge in [-0.05, 0) is 31.2 Å². The summed E-state index contributed by atoms with van der Waals surface area (Å²) in [5.41, 5.74) is 3.47. The van der Waals surface area contributed by atoms with Gasteiger partial charge in [0.25, 0.3) is 11.8 Å². The minimum Gasteiger partial charge on any atom is -0.480 e. The minimum absolute atomic E-state index is 0.266. The highest BCUT2D eigenvalue weighted by Gasteiger charge is 2.18. The summed E-state index contributed by atoms with van der Waals surface area (Å²) in [4.78, 5) is 41.1. The molecule has 4 rings (SSSR count). The maximum atomic E-state index is 12.8. The second-order valence-corrected chi connectivity index (χ2v) is 7.75. The number of carboxylic acids is 1. The highest BCUT2D eigenvalue weighted by Crippen LogP contribution is 2.27. The average molecular weight is 434 g/mol. The number of carbonyl (C=O) groups excluding carboxylic acids is 2. The van der Waals surface area contributed by atoms with Gasteiger partial charge in [0.05, 0.1) is 5.69 Å². The van der Waals surface area contributed by atoms with Crippen molar-refractivity contribution in [3.05, 3.63) is 76.9 Å². The van der Waals surface area contributed by atoms with Crippen molar-refractivity contribution in [1.82, 2.24) is 14.7 Å². The summed E-state index contributed by atoms with van der Waals surface area (Å²) in [6.07, 6.45) is 1.91. The zero-order chi connectivity index (χ0) is 22.0. The predicted octanol–water partition coefficient (Wildman–Crippen LogP) is 3.44. The second kappa shape index (κ2) is 8.41. The summed E-state index contributed by atoms with van der Waals surface area (Å²) in [6, 6.07) is 16.1. The van der Waals surface area contributed by atoms with Gasteiger partial charge < -0.3 is 15.7 Å². The number of fused-ring (bicyclic) bond motifs is 1. The third kappa shape index (κ3) is 4.31. The molecule has 0 spiro atoms. The first-order valence-corrected chi connectivity index (χ1v) is 10.2. The molecule has 2 aromatic carbocycles. The van der Waals surface area contributed by atoms with Crippen molar-refractivity contribution in [2.45, 2.75) is 6.92 Å². The Kier molecular flexibility index (Phi) is 5.50. The molecular formula is C22H18N4O4S. The van der Waals surface area contributed by atoms with Crippen LogP contribution in [0.2, 0.25) is 0 Å². The van der Waals surface area contributed by atoms with Gasteiger partial charge in [0.15, 0.2) is 4.96 Å². The topological polar surface area (TPSA) is 113 Å². The maximum Gasteiger partial charge on any atom is 0.322 e. The number of aryl methyl sites for hydroxylation is 1. The molecule has 0 fully saturated rings. The average Bonchev–Trinajstić information content (AvgIpc) is 3.32. The maximum absolute atomic E-state index is 12.8. The fraction of sp³-hybridized carbons (Fsp3) is 0.0909. The Morgan fingerprint density at radius 1 is 1.03 bits per heavy atom. The Hall–Kier alpha value is -3.98. The molecule has 9 heteroatoms. The monoisotopic (exact) mass is 434 g/mol. The molecule has 3 N–H and O–H groups in total. The van der Waals surface area contributed by atoms with E-state index >= 15 is 0 Å². The number of nitrogens with zero attached hydrogens (tertiary/aromatic N) is 2. The molecule has 0 aliphatic heterocycles. The van der Waals surface area contributed by atoms with Gasteiger partial charge >= 0.3 is 5.97 Å². The van der Waals surface area contributed by atoms with E-state index in [1.165, 1.54) is 23.5 Å². The lowest BCUT2D eigenvalue weighted by Gasteiger charge is -2.06. The summed E-state index contributed by atoms with van der Waals surface area (Å²) in [7, 11) is 0. The molecule has 8 nitrogen and oxygen atoms in total. The largest absolute Gasteiger partial charge is 0.480 e. The van der Waals surface area contributed by atoms with E-state index in [4.69, 9.17) is 5.11 Å². The molecule has 0 unspecified atom stereocenters. The van der Waals surface area contributed by atoms with E-state index < -0.39 is 18.4 Å². The van der Waals surface area contributed by atoms with Gasteiger partial charge in [-0.3, -0.25) is 18.8 Å². The van der Waals surface area contributed by atoms with E-state index in [2.05, 4.69) is 15.6 Å². The zero-order valence-electron chi connectivity index (χ0n) is 16.5. The molecule has 0 saturated heterocycles. The second-order valence-electron chi connectivity index (χ2n) is 6.77. The number of anilines is 1. The van der Waals surface area contributed by atoms with Crippen LogP contribution in [0.25, 0.3) is 16.2 Å². The van der Waals surface area contributed by atoms with E-state index in [-0.39, 0.29) is 5.91 Å². The van der Waals surface area contributed by atoms with Crippen LogP contribution in [0.5, 0.6) is 0 Å². The van der Waals surface area contributed by atoms with E-state index in [1.54, 1.807) is 12.1 Å². The fourth-order valence-corrected chi connectivity index (χ4v) is 4.06. The lowest BCUT2D eigenvalue weighted by Crippen LogP contribution is -2.29. The molecule has 156 valence electrons. The Bertz CT molecular complexity index is 1280. The Labute approximate surface area is 181 Å². The van der Waals surface area contributed by atoms with Crippen molar-refractivity contribution in [3.63, 3.8) is 0 Å². The summed E-state index contributed by atoms with van der Waals surface area (Å²) >= 11 is 1.30. The van der Waals surface area contributed by atoms with Crippen molar-refractivity contribution < 1.29 is 19.5 Å². The van der Waals surface area contributed by atoms with Gasteiger partial charge in [0, 0.05) is 28.7 Å². The van der Waals surface area contributed by atoms with E-state index in [1.807, 2.05) is 47.9 Å². The normalized spacial score (nSPS) is 10.7. The fourth-order valence-electron chi connectivity index (χ4n) is 3.06. The number of hydrogen-bond acceptors (Lipinski definition) is 5. The van der Waals surface area contributed by atoms with E-state index in [0.29, 0.717) is 16.1 Å². The van der Waals surface area contributed by atoms with Crippen LogP contribution in [0, 0.1) is 6.92 Å². The molecule has 31 heavy (non-hydrogen) atoms. The van der Waals surface area contributed by atoms with Gasteiger partial charge in [-0.25, -0.2) is 4.98 Å². The number of thiazole rings is 1. The number of benzene rings is 2. The number of rotatable bonds is 6. The first-order valence-electron chi connectivity index (χ1n) is 9.37. The van der Waals surface area contributed by atoms with Crippen LogP contribution in [-0.2, 0) is 4.79 Å². The summed E-state index contributed by atoms with van der Waals surface area (Å²) in [5, 5.41) is 13.7. The third-order valence-electron chi connectivity index (χ3n) is 4.64. The Morgan fingerprint density at radius 2 is 1.74 bits per heavy atom. The molecule has 0 atom stereocenters. The molecule has 2 aromatic heterocycles. The van der Waals surface area contributed by atoms with Crippen LogP contribution in [0.4, 0.5) is 5.69 Å². The van der Waals surface area contributed by atoms with Crippen LogP contribution in [0.1, 0.15) is 25.7 Å². The third-order valence-corrected chi connectivity index (χ3v) is 5.79. The van der Waals surface area contributed by atoms with Crippen LogP contribution in [-0.4, -0.2) is 38.8 Å². The number of nitrogens with one attached hydrogen (secondary N) is 2. The van der Waals surface area contributed by atoms with Crippen molar-refractivity contribution in [1.29, 1.82) is 0 Å². The van der Waals surface area contributed by atoms with Gasteiger partial charge in [-0.15, -0.1) is 0 Å². The minimum atomic E-state index is -1.12. The lowest BCUT2D eigenvalue weighted by atomic mass is 10.2. The molecule has 0 aliphatic rings. The quantitative estimate of drug-likeness (QED) is 0.430. The number of amides is 2. The van der Waals surface area contributed by atoms with Crippen LogP contribution in [0.3, 0.4) is 0 Å². The van der Waals surface area contributed by atoms with Crippen LogP contribution >= 0.6 is 11.3 Å². The Morgan fingerprint density at radius 3 is 2.39 bits per heavy atom. The molecule has 0 radical (unpaired) electrons. The highest BCUT2D eigenvalue weighted by atomic mass is 32.1. The van der Waals surface area contributed by atoms with Crippen LogP contribution in [0.15, 0.2) is 60.8 Å². The van der Waals surface area contributed by atoms with Gasteiger partial charge in [0.2, 0.25) is 0 Å². The zero-order valence-corrected chi connectivity index (χ0v) is 17.3. The molecule has 2 heterocycles. The number of carbonyl (C=O) groups is 3. The molecule has 0 saturated carbocycles. The number of hydrogen-bond donors (Lipinski definition) is 3.